The maximum Gasteiger partial charge on any atom is 0.315 e. The summed E-state index contributed by atoms with van der Waals surface area (Å²) in [6, 6.07) is -1.28. The number of amides is 2. The van der Waals surface area contributed by atoms with Gasteiger partial charge in [0.1, 0.15) is 5.92 Å². The Morgan fingerprint density at radius 3 is 2.61 bits per heavy atom. The summed E-state index contributed by atoms with van der Waals surface area (Å²) < 4.78 is 26.2. The number of nitrogens with one attached hydrogen (secondary N) is 2. The number of urea groups is 1. The van der Waals surface area contributed by atoms with E-state index in [1.807, 2.05) is 0 Å². The van der Waals surface area contributed by atoms with E-state index >= 15 is 0 Å². The lowest BCUT2D eigenvalue weighted by Gasteiger charge is -2.15. The number of aliphatic carboxylic acids is 1. The van der Waals surface area contributed by atoms with E-state index in [0.29, 0.717) is 0 Å². The highest BCUT2D eigenvalue weighted by molar-refractivity contribution is 7.89. The second-order valence-corrected chi connectivity index (χ2v) is 5.59. The predicted molar refractivity (Wildman–Crippen MR) is 60.2 cm³/mol. The molecule has 18 heavy (non-hydrogen) atoms. The van der Waals surface area contributed by atoms with Crippen molar-refractivity contribution in [1.29, 1.82) is 0 Å². The fourth-order valence-electron chi connectivity index (χ4n) is 1.47. The number of carbonyl (C=O) groups excluding carboxylic acids is 1. The first kappa shape index (κ1) is 14.7. The minimum Gasteiger partial charge on any atom is -0.481 e. The molecule has 0 spiro atoms. The van der Waals surface area contributed by atoms with Gasteiger partial charge in [0.15, 0.2) is 0 Å². The summed E-state index contributed by atoms with van der Waals surface area (Å²) in [4.78, 5) is 22.1. The van der Waals surface area contributed by atoms with Gasteiger partial charge in [-0.15, -0.1) is 0 Å². The summed E-state index contributed by atoms with van der Waals surface area (Å²) in [5.41, 5.74) is 0. The molecule has 0 aliphatic carbocycles. The Labute approximate surface area is 104 Å². The minimum absolute atomic E-state index is 0.0391. The summed E-state index contributed by atoms with van der Waals surface area (Å²) in [6.45, 7) is 0.00696. The first-order valence-corrected chi connectivity index (χ1v) is 6.86. The van der Waals surface area contributed by atoms with E-state index in [-0.39, 0.29) is 25.5 Å². The average Bonchev–Trinajstić information content (AvgIpc) is 2.63. The summed E-state index contributed by atoms with van der Waals surface area (Å²) in [5, 5.41) is 18.3. The molecule has 1 heterocycles. The van der Waals surface area contributed by atoms with Crippen LogP contribution in [0.2, 0.25) is 0 Å². The molecule has 2 unspecified atom stereocenters. The number of primary sulfonamides is 1. The maximum absolute atomic E-state index is 11.3. The molecule has 1 aliphatic heterocycles. The number of ether oxygens (including phenoxy) is 1. The third-order valence-corrected chi connectivity index (χ3v) is 3.16. The molecule has 1 rings (SSSR count). The predicted octanol–water partition coefficient (Wildman–Crippen LogP) is -2.33. The third kappa shape index (κ3) is 4.85. The van der Waals surface area contributed by atoms with E-state index < -0.39 is 34.0 Å². The second-order valence-electron chi connectivity index (χ2n) is 3.86. The highest BCUT2D eigenvalue weighted by Crippen LogP contribution is 2.13. The number of sulfonamides is 1. The Bertz CT molecular complexity index is 423. The van der Waals surface area contributed by atoms with Crippen molar-refractivity contribution in [3.63, 3.8) is 0 Å². The van der Waals surface area contributed by atoms with Crippen LogP contribution in [0.4, 0.5) is 4.79 Å². The molecule has 1 aliphatic rings. The first-order valence-electron chi connectivity index (χ1n) is 5.15. The molecule has 9 nitrogen and oxygen atoms in total. The topological polar surface area (TPSA) is 148 Å². The van der Waals surface area contributed by atoms with Crippen LogP contribution in [0.3, 0.4) is 0 Å². The molecule has 1 fully saturated rings. The van der Waals surface area contributed by atoms with Crippen LogP contribution < -0.4 is 15.8 Å². The molecule has 0 saturated carbocycles. The smallest absolute Gasteiger partial charge is 0.315 e. The van der Waals surface area contributed by atoms with Crippen LogP contribution in [0, 0.1) is 5.92 Å². The standard InChI is InChI=1S/C8H15N3O6S/c9-18(15,16)2-1-10-8(14)11-6-4-17-3-5(6)7(12)13/h5-6H,1-4H2,(H,12,13)(H2,9,15,16)(H2,10,11,14). The van der Waals surface area contributed by atoms with Gasteiger partial charge >= 0.3 is 12.0 Å². The van der Waals surface area contributed by atoms with Gasteiger partial charge in [-0.3, -0.25) is 4.79 Å². The molecule has 10 heteroatoms. The molecule has 5 N–H and O–H groups in total. The molecule has 2 amide bonds. The molecular weight excluding hydrogens is 266 g/mol. The van der Waals surface area contributed by atoms with E-state index in [2.05, 4.69) is 10.6 Å². The quantitative estimate of drug-likeness (QED) is 0.444. The molecular formula is C8H15N3O6S. The van der Waals surface area contributed by atoms with Crippen molar-refractivity contribution in [3.8, 4) is 0 Å². The minimum atomic E-state index is -3.63. The van der Waals surface area contributed by atoms with Crippen LogP contribution in [-0.4, -0.2) is 57.1 Å². The van der Waals surface area contributed by atoms with Gasteiger partial charge in [-0.1, -0.05) is 0 Å². The van der Waals surface area contributed by atoms with E-state index in [1.165, 1.54) is 0 Å². The normalized spacial score (nSPS) is 23.6. The van der Waals surface area contributed by atoms with Crippen LogP contribution in [0.15, 0.2) is 0 Å². The van der Waals surface area contributed by atoms with E-state index in [1.54, 1.807) is 0 Å². The lowest BCUT2D eigenvalue weighted by molar-refractivity contribution is -0.142. The van der Waals surface area contributed by atoms with Crippen molar-refractivity contribution in [2.45, 2.75) is 6.04 Å². The summed E-state index contributed by atoms with van der Waals surface area (Å²) in [5.74, 6) is -2.24. The number of carboxylic acids is 1. The molecule has 0 aromatic carbocycles. The van der Waals surface area contributed by atoms with Crippen molar-refractivity contribution in [2.24, 2.45) is 11.1 Å². The van der Waals surface area contributed by atoms with Gasteiger partial charge in [0, 0.05) is 6.54 Å². The molecule has 1 saturated heterocycles. The van der Waals surface area contributed by atoms with Gasteiger partial charge in [0.05, 0.1) is 25.0 Å². The maximum atomic E-state index is 11.3. The van der Waals surface area contributed by atoms with E-state index in [0.717, 1.165) is 0 Å². The SMILES string of the molecule is NS(=O)(=O)CCNC(=O)NC1COCC1C(=O)O. The zero-order valence-corrected chi connectivity index (χ0v) is 10.3. The zero-order valence-electron chi connectivity index (χ0n) is 9.46. The van der Waals surface area contributed by atoms with Crippen LogP contribution in [0.5, 0.6) is 0 Å². The van der Waals surface area contributed by atoms with Crippen molar-refractivity contribution in [3.05, 3.63) is 0 Å². The number of carbonyl (C=O) groups is 2. The lowest BCUT2D eigenvalue weighted by atomic mass is 10.0. The van der Waals surface area contributed by atoms with Gasteiger partial charge < -0.3 is 20.5 Å². The Kier molecular flexibility index (Phi) is 4.87. The summed E-state index contributed by atoms with van der Waals surface area (Å²) in [6.07, 6.45) is 0. The number of hydrogen-bond acceptors (Lipinski definition) is 5. The van der Waals surface area contributed by atoms with E-state index in [9.17, 15) is 18.0 Å². The Balaban J connectivity index is 2.34. The lowest BCUT2D eigenvalue weighted by Crippen LogP contribution is -2.48. The zero-order chi connectivity index (χ0) is 13.8. The van der Waals surface area contributed by atoms with Gasteiger partial charge in [-0.2, -0.15) is 0 Å². The molecule has 0 aromatic heterocycles. The van der Waals surface area contributed by atoms with Crippen molar-refractivity contribution in [1.82, 2.24) is 10.6 Å². The third-order valence-electron chi connectivity index (χ3n) is 2.39. The average molecular weight is 281 g/mol. The summed E-state index contributed by atoms with van der Waals surface area (Å²) in [7, 11) is -3.63. The first-order chi connectivity index (χ1) is 8.29. The van der Waals surface area contributed by atoms with Crippen molar-refractivity contribution >= 4 is 22.0 Å². The number of nitrogens with two attached hydrogens (primary N) is 1. The number of rotatable bonds is 5. The van der Waals surface area contributed by atoms with Crippen LogP contribution in [-0.2, 0) is 19.6 Å². The highest BCUT2D eigenvalue weighted by atomic mass is 32.2. The van der Waals surface area contributed by atoms with Crippen molar-refractivity contribution in [2.75, 3.05) is 25.5 Å². The van der Waals surface area contributed by atoms with E-state index in [4.69, 9.17) is 15.0 Å². The Morgan fingerprint density at radius 1 is 1.39 bits per heavy atom. The monoisotopic (exact) mass is 281 g/mol. The molecule has 0 radical (unpaired) electrons. The fourth-order valence-corrected chi connectivity index (χ4v) is 1.85. The van der Waals surface area contributed by atoms with Crippen molar-refractivity contribution < 1.29 is 27.9 Å². The summed E-state index contributed by atoms with van der Waals surface area (Å²) >= 11 is 0. The van der Waals surface area contributed by atoms with Crippen LogP contribution >= 0.6 is 0 Å². The molecule has 2 atom stereocenters. The molecule has 0 bridgehead atoms. The molecule has 104 valence electrons. The number of carboxylic acid groups (broad SMARTS) is 1. The van der Waals surface area contributed by atoms with Gasteiger partial charge in [-0.05, 0) is 0 Å². The fraction of sp³-hybridized carbons (Fsp3) is 0.750. The van der Waals surface area contributed by atoms with Gasteiger partial charge in [0.25, 0.3) is 0 Å². The Morgan fingerprint density at radius 2 is 2.06 bits per heavy atom. The van der Waals surface area contributed by atoms with Gasteiger partial charge in [0.2, 0.25) is 10.0 Å². The largest absolute Gasteiger partial charge is 0.481 e. The van der Waals surface area contributed by atoms with Gasteiger partial charge in [-0.25, -0.2) is 18.4 Å². The number of hydrogen-bond donors (Lipinski definition) is 4. The Hall–Kier alpha value is -1.39. The van der Waals surface area contributed by atoms with Crippen LogP contribution in [0.1, 0.15) is 0 Å². The second kappa shape index (κ2) is 5.98. The highest BCUT2D eigenvalue weighted by Gasteiger charge is 2.34. The van der Waals surface area contributed by atoms with Crippen LogP contribution in [0.25, 0.3) is 0 Å². The molecule has 0 aromatic rings.